The van der Waals surface area contributed by atoms with Crippen molar-refractivity contribution in [1.29, 1.82) is 0 Å². The first kappa shape index (κ1) is 18.3. The topological polar surface area (TPSA) is 99.4 Å². The second kappa shape index (κ2) is 7.57. The van der Waals surface area contributed by atoms with Gasteiger partial charge in [-0.15, -0.1) is 11.3 Å². The van der Waals surface area contributed by atoms with Gasteiger partial charge in [-0.25, -0.2) is 9.97 Å². The maximum Gasteiger partial charge on any atom is 0.225 e. The lowest BCUT2D eigenvalue weighted by molar-refractivity contribution is -0.118. The largest absolute Gasteiger partial charge is 0.474 e. The third-order valence-electron chi connectivity index (χ3n) is 6.21. The first-order chi connectivity index (χ1) is 13.7. The highest BCUT2D eigenvalue weighted by molar-refractivity contribution is 7.19. The Balaban J connectivity index is 1.32. The number of thiophene rings is 1. The number of fused-ring (bicyclic) bond motifs is 3. The number of nitrogens with one attached hydrogen (secondary N) is 1. The molecular formula is C20H26N4O3S. The minimum atomic E-state index is -0.251. The van der Waals surface area contributed by atoms with E-state index < -0.39 is 0 Å². The molecule has 1 saturated carbocycles. The number of nitrogens with two attached hydrogens (primary N) is 1. The Morgan fingerprint density at radius 2 is 2.04 bits per heavy atom. The van der Waals surface area contributed by atoms with Crippen LogP contribution in [0.4, 0.5) is 0 Å². The van der Waals surface area contributed by atoms with Crippen LogP contribution in [0, 0.1) is 0 Å². The van der Waals surface area contributed by atoms with Gasteiger partial charge in [-0.05, 0) is 50.0 Å². The highest BCUT2D eigenvalue weighted by atomic mass is 32.1. The molecular weight excluding hydrogens is 376 g/mol. The molecule has 150 valence electrons. The van der Waals surface area contributed by atoms with E-state index >= 15 is 0 Å². The van der Waals surface area contributed by atoms with Crippen molar-refractivity contribution in [3.8, 4) is 5.88 Å². The summed E-state index contributed by atoms with van der Waals surface area (Å²) < 4.78 is 11.6. The van der Waals surface area contributed by atoms with Crippen molar-refractivity contribution in [1.82, 2.24) is 15.3 Å². The number of amides is 1. The Hall–Kier alpha value is -1.77. The number of hydrogen-bond donors (Lipinski definition) is 2. The molecule has 5 rings (SSSR count). The molecule has 1 atom stereocenters. The van der Waals surface area contributed by atoms with Gasteiger partial charge in [0.2, 0.25) is 11.8 Å². The van der Waals surface area contributed by atoms with Crippen molar-refractivity contribution < 1.29 is 14.3 Å². The monoisotopic (exact) mass is 402 g/mol. The molecule has 0 radical (unpaired) electrons. The summed E-state index contributed by atoms with van der Waals surface area (Å²) >= 11 is 1.70. The molecule has 0 unspecified atom stereocenters. The van der Waals surface area contributed by atoms with E-state index in [2.05, 4.69) is 15.3 Å². The maximum absolute atomic E-state index is 11.5. The molecule has 2 aliphatic carbocycles. The van der Waals surface area contributed by atoms with Gasteiger partial charge in [-0.1, -0.05) is 0 Å². The first-order valence-corrected chi connectivity index (χ1v) is 11.0. The quantitative estimate of drug-likeness (QED) is 0.769. The van der Waals surface area contributed by atoms with Crippen LogP contribution in [0.3, 0.4) is 0 Å². The number of aryl methyl sites for hydroxylation is 1. The molecule has 28 heavy (non-hydrogen) atoms. The van der Waals surface area contributed by atoms with Gasteiger partial charge in [0.15, 0.2) is 0 Å². The van der Waals surface area contributed by atoms with Gasteiger partial charge in [0.1, 0.15) is 17.3 Å². The summed E-state index contributed by atoms with van der Waals surface area (Å²) in [7, 11) is 0. The first-order valence-electron chi connectivity index (χ1n) is 10.2. The molecule has 2 aromatic heterocycles. The minimum Gasteiger partial charge on any atom is -0.474 e. The number of hydrogen-bond acceptors (Lipinski definition) is 7. The maximum atomic E-state index is 11.5. The van der Waals surface area contributed by atoms with Crippen LogP contribution in [0.15, 0.2) is 6.33 Å². The van der Waals surface area contributed by atoms with E-state index in [-0.39, 0.29) is 17.9 Å². The van der Waals surface area contributed by atoms with Crippen LogP contribution in [-0.4, -0.2) is 47.3 Å². The summed E-state index contributed by atoms with van der Waals surface area (Å²) in [4.78, 5) is 22.7. The molecule has 3 heterocycles. The zero-order valence-corrected chi connectivity index (χ0v) is 16.7. The van der Waals surface area contributed by atoms with Gasteiger partial charge in [0.05, 0.1) is 24.6 Å². The van der Waals surface area contributed by atoms with Gasteiger partial charge >= 0.3 is 0 Å². The molecule has 1 aliphatic heterocycles. The summed E-state index contributed by atoms with van der Waals surface area (Å²) in [6, 6.07) is 1.09. The lowest BCUT2D eigenvalue weighted by Gasteiger charge is -2.35. The third-order valence-corrected chi connectivity index (χ3v) is 7.38. The molecule has 0 bridgehead atoms. The fourth-order valence-corrected chi connectivity index (χ4v) is 5.98. The molecule has 0 aromatic carbocycles. The molecule has 2 fully saturated rings. The average Bonchev–Trinajstić information content (AvgIpc) is 3.19. The van der Waals surface area contributed by atoms with E-state index in [1.54, 1.807) is 17.7 Å². The molecule has 3 N–H and O–H groups in total. The second-order valence-corrected chi connectivity index (χ2v) is 9.28. The smallest absolute Gasteiger partial charge is 0.225 e. The van der Waals surface area contributed by atoms with Crippen molar-refractivity contribution in [2.45, 2.75) is 69.1 Å². The Kier molecular flexibility index (Phi) is 4.94. The van der Waals surface area contributed by atoms with Crippen molar-refractivity contribution in [2.75, 3.05) is 13.2 Å². The second-order valence-electron chi connectivity index (χ2n) is 8.20. The van der Waals surface area contributed by atoms with E-state index in [4.69, 9.17) is 15.2 Å². The van der Waals surface area contributed by atoms with Gasteiger partial charge in [0, 0.05) is 17.3 Å². The molecule has 2 aromatic rings. The fourth-order valence-electron chi connectivity index (χ4n) is 4.75. The van der Waals surface area contributed by atoms with Crippen LogP contribution in [0.2, 0.25) is 0 Å². The zero-order valence-electron chi connectivity index (χ0n) is 15.9. The van der Waals surface area contributed by atoms with E-state index in [0.29, 0.717) is 24.4 Å². The Morgan fingerprint density at radius 1 is 1.21 bits per heavy atom. The minimum absolute atomic E-state index is 0.166. The molecule has 1 amide bonds. The Labute approximate surface area is 168 Å². The van der Waals surface area contributed by atoms with Crippen molar-refractivity contribution >= 4 is 27.5 Å². The van der Waals surface area contributed by atoms with E-state index in [1.807, 2.05) is 0 Å². The summed E-state index contributed by atoms with van der Waals surface area (Å²) in [5.41, 5.74) is 6.68. The standard InChI is InChI=1S/C20H26N4O3S/c21-16(25)7-11-1-6-15-17(11)18-19(22-10-23-20(18)28-15)27-14-4-2-12(3-5-14)24-13-8-26-9-13/h10-14,24H,1-9H2,(H2,21,25)/t11-,12-,14-/m1/s1. The van der Waals surface area contributed by atoms with Crippen LogP contribution < -0.4 is 15.8 Å². The van der Waals surface area contributed by atoms with Crippen molar-refractivity contribution in [2.24, 2.45) is 5.73 Å². The summed E-state index contributed by atoms with van der Waals surface area (Å²) in [5.74, 6) is 0.598. The van der Waals surface area contributed by atoms with Crippen LogP contribution in [-0.2, 0) is 16.0 Å². The van der Waals surface area contributed by atoms with Gasteiger partial charge in [0.25, 0.3) is 0 Å². The van der Waals surface area contributed by atoms with Gasteiger partial charge in [-0.3, -0.25) is 4.79 Å². The molecule has 7 nitrogen and oxygen atoms in total. The van der Waals surface area contributed by atoms with Crippen LogP contribution in [0.25, 0.3) is 10.2 Å². The van der Waals surface area contributed by atoms with Crippen LogP contribution in [0.1, 0.15) is 54.9 Å². The number of carbonyl (C=O) groups excluding carboxylic acids is 1. The molecule has 1 saturated heterocycles. The van der Waals surface area contributed by atoms with E-state index in [9.17, 15) is 4.79 Å². The number of carbonyl (C=O) groups is 1. The number of aromatic nitrogens is 2. The lowest BCUT2D eigenvalue weighted by Crippen LogP contribution is -2.51. The van der Waals surface area contributed by atoms with Gasteiger partial charge < -0.3 is 20.5 Å². The van der Waals surface area contributed by atoms with Crippen LogP contribution in [0.5, 0.6) is 5.88 Å². The number of primary amides is 1. The van der Waals surface area contributed by atoms with Gasteiger partial charge in [-0.2, -0.15) is 0 Å². The molecule has 8 heteroatoms. The summed E-state index contributed by atoms with van der Waals surface area (Å²) in [5, 5.41) is 4.69. The summed E-state index contributed by atoms with van der Waals surface area (Å²) in [6.07, 6.45) is 8.38. The molecule has 0 spiro atoms. The SMILES string of the molecule is NC(=O)C[C@H]1CCc2sc3ncnc(O[C@H]4CC[C@H](NC5COC5)CC4)c3c21. The van der Waals surface area contributed by atoms with E-state index in [1.165, 1.54) is 10.4 Å². The highest BCUT2D eigenvalue weighted by Gasteiger charge is 2.32. The summed E-state index contributed by atoms with van der Waals surface area (Å²) in [6.45, 7) is 1.68. The third kappa shape index (κ3) is 3.49. The van der Waals surface area contributed by atoms with Crippen molar-refractivity contribution in [3.05, 3.63) is 16.8 Å². The highest BCUT2D eigenvalue weighted by Crippen LogP contribution is 2.47. The Morgan fingerprint density at radius 3 is 2.75 bits per heavy atom. The number of nitrogens with zero attached hydrogens (tertiary/aromatic N) is 2. The number of rotatable bonds is 6. The lowest BCUT2D eigenvalue weighted by atomic mass is 9.92. The zero-order chi connectivity index (χ0) is 19.1. The predicted octanol–water partition coefficient (Wildman–Crippen LogP) is 2.27. The van der Waals surface area contributed by atoms with Crippen molar-refractivity contribution in [3.63, 3.8) is 0 Å². The predicted molar refractivity (Wildman–Crippen MR) is 107 cm³/mol. The van der Waals surface area contributed by atoms with Crippen LogP contribution >= 0.6 is 11.3 Å². The molecule has 3 aliphatic rings. The fraction of sp³-hybridized carbons (Fsp3) is 0.650. The normalized spacial score (nSPS) is 27.5. The Bertz CT molecular complexity index is 874. The van der Waals surface area contributed by atoms with E-state index in [0.717, 1.165) is 62.0 Å². The average molecular weight is 403 g/mol. The number of ether oxygens (including phenoxy) is 2.